The highest BCUT2D eigenvalue weighted by molar-refractivity contribution is 7.13. The normalized spacial score (nSPS) is 19.0. The Bertz CT molecular complexity index is 846. The summed E-state index contributed by atoms with van der Waals surface area (Å²) in [5.41, 5.74) is 1.98. The Labute approximate surface area is 183 Å². The van der Waals surface area contributed by atoms with Gasteiger partial charge in [-0.05, 0) is 60.6 Å². The Kier molecular flexibility index (Phi) is 6.57. The number of nitrogens with one attached hydrogen (secondary N) is 1. The van der Waals surface area contributed by atoms with Crippen LogP contribution in [-0.2, 0) is 16.0 Å². The van der Waals surface area contributed by atoms with Gasteiger partial charge in [0.1, 0.15) is 0 Å². The molecule has 1 saturated heterocycles. The van der Waals surface area contributed by atoms with Crippen LogP contribution >= 0.6 is 11.3 Å². The molecule has 1 aromatic heterocycles. The van der Waals surface area contributed by atoms with Crippen LogP contribution in [0.2, 0.25) is 0 Å². The molecule has 0 spiro atoms. The lowest BCUT2D eigenvalue weighted by atomic mass is 9.72. The molecule has 1 N–H and O–H groups in total. The number of hydrogen-bond acceptors (Lipinski definition) is 3. The third kappa shape index (κ3) is 4.61. The Hall–Kier alpha value is -2.14. The minimum atomic E-state index is -0.427. The molecule has 0 bridgehead atoms. The number of likely N-dealkylation sites (tertiary alicyclic amines) is 1. The number of nitrogens with zero attached hydrogens (tertiary/aromatic N) is 1. The number of carbonyl (C=O) groups excluding carboxylic acids is 2. The van der Waals surface area contributed by atoms with Crippen LogP contribution in [0.3, 0.4) is 0 Å². The molecule has 2 fully saturated rings. The summed E-state index contributed by atoms with van der Waals surface area (Å²) in [5, 5.41) is 4.98. The molecule has 4 rings (SSSR count). The van der Waals surface area contributed by atoms with Gasteiger partial charge in [-0.25, -0.2) is 0 Å². The summed E-state index contributed by atoms with van der Waals surface area (Å²) < 4.78 is 0. The molecule has 2 aromatic rings. The highest BCUT2D eigenvalue weighted by Crippen LogP contribution is 2.37. The number of rotatable bonds is 6. The fraction of sp³-hybridized carbons (Fsp3) is 0.520. The molecular weight excluding hydrogens is 392 g/mol. The van der Waals surface area contributed by atoms with Crippen molar-refractivity contribution in [3.8, 4) is 10.4 Å². The summed E-state index contributed by atoms with van der Waals surface area (Å²) in [7, 11) is 1.72. The Morgan fingerprint density at radius 2 is 1.80 bits per heavy atom. The SMILES string of the molecule is CNC(=O)C1(Cc2ccc(-c3cccs3)cc2)CCN(C(=O)CC2CCCC2)CC1. The predicted octanol–water partition coefficient (Wildman–Crippen LogP) is 4.89. The third-order valence-corrected chi connectivity index (χ3v) is 7.94. The molecule has 1 aliphatic heterocycles. The molecule has 5 heteroatoms. The van der Waals surface area contributed by atoms with Gasteiger partial charge in [0.2, 0.25) is 11.8 Å². The van der Waals surface area contributed by atoms with Crippen molar-refractivity contribution in [2.24, 2.45) is 11.3 Å². The average Bonchev–Trinajstić information content (AvgIpc) is 3.48. The van der Waals surface area contributed by atoms with Gasteiger partial charge in [0, 0.05) is 31.4 Å². The van der Waals surface area contributed by atoms with Crippen molar-refractivity contribution >= 4 is 23.2 Å². The average molecular weight is 425 g/mol. The number of thiophene rings is 1. The lowest BCUT2D eigenvalue weighted by Crippen LogP contribution is -2.50. The summed E-state index contributed by atoms with van der Waals surface area (Å²) in [6.07, 6.45) is 7.81. The number of benzene rings is 1. The van der Waals surface area contributed by atoms with Crippen LogP contribution in [0.4, 0.5) is 0 Å². The summed E-state index contributed by atoms with van der Waals surface area (Å²) in [6.45, 7) is 1.37. The monoisotopic (exact) mass is 424 g/mol. The first-order chi connectivity index (χ1) is 14.6. The first-order valence-electron chi connectivity index (χ1n) is 11.2. The van der Waals surface area contributed by atoms with Gasteiger partial charge < -0.3 is 10.2 Å². The summed E-state index contributed by atoms with van der Waals surface area (Å²) >= 11 is 1.74. The van der Waals surface area contributed by atoms with Crippen LogP contribution in [0.25, 0.3) is 10.4 Å². The van der Waals surface area contributed by atoms with E-state index >= 15 is 0 Å². The van der Waals surface area contributed by atoms with Crippen molar-refractivity contribution in [1.82, 2.24) is 10.2 Å². The Morgan fingerprint density at radius 1 is 1.10 bits per heavy atom. The lowest BCUT2D eigenvalue weighted by molar-refractivity contribution is -0.140. The molecular formula is C25H32N2O2S. The van der Waals surface area contributed by atoms with Gasteiger partial charge in [-0.2, -0.15) is 0 Å². The topological polar surface area (TPSA) is 49.4 Å². The molecule has 1 aromatic carbocycles. The van der Waals surface area contributed by atoms with Crippen molar-refractivity contribution in [3.63, 3.8) is 0 Å². The maximum atomic E-state index is 12.9. The number of carbonyl (C=O) groups is 2. The van der Waals surface area contributed by atoms with E-state index in [0.29, 0.717) is 25.4 Å². The molecule has 160 valence electrons. The Balaban J connectivity index is 1.41. The van der Waals surface area contributed by atoms with Crippen LogP contribution in [0, 0.1) is 11.3 Å². The minimum Gasteiger partial charge on any atom is -0.359 e. The van der Waals surface area contributed by atoms with E-state index in [1.54, 1.807) is 18.4 Å². The van der Waals surface area contributed by atoms with E-state index in [1.165, 1.54) is 41.7 Å². The molecule has 0 unspecified atom stereocenters. The molecule has 1 aliphatic carbocycles. The lowest BCUT2D eigenvalue weighted by Gasteiger charge is -2.41. The Morgan fingerprint density at radius 3 is 2.40 bits per heavy atom. The van der Waals surface area contributed by atoms with Gasteiger partial charge in [-0.15, -0.1) is 11.3 Å². The van der Waals surface area contributed by atoms with Crippen molar-refractivity contribution < 1.29 is 9.59 Å². The highest BCUT2D eigenvalue weighted by Gasteiger charge is 2.42. The van der Waals surface area contributed by atoms with Gasteiger partial charge in [0.15, 0.2) is 0 Å². The van der Waals surface area contributed by atoms with E-state index in [9.17, 15) is 9.59 Å². The molecule has 30 heavy (non-hydrogen) atoms. The zero-order valence-electron chi connectivity index (χ0n) is 17.9. The van der Waals surface area contributed by atoms with E-state index in [2.05, 4.69) is 47.1 Å². The molecule has 2 amide bonds. The van der Waals surface area contributed by atoms with E-state index in [-0.39, 0.29) is 11.8 Å². The van der Waals surface area contributed by atoms with Gasteiger partial charge in [-0.1, -0.05) is 43.2 Å². The van der Waals surface area contributed by atoms with E-state index in [1.807, 2.05) is 4.90 Å². The molecule has 0 atom stereocenters. The summed E-state index contributed by atoms with van der Waals surface area (Å²) in [5.74, 6) is 0.963. The van der Waals surface area contributed by atoms with Crippen molar-refractivity contribution in [2.45, 2.75) is 51.4 Å². The van der Waals surface area contributed by atoms with Crippen LogP contribution in [0.15, 0.2) is 41.8 Å². The van der Waals surface area contributed by atoms with E-state index in [4.69, 9.17) is 0 Å². The maximum Gasteiger partial charge on any atom is 0.226 e. The van der Waals surface area contributed by atoms with Gasteiger partial charge in [-0.3, -0.25) is 9.59 Å². The third-order valence-electron chi connectivity index (χ3n) is 7.02. The molecule has 4 nitrogen and oxygen atoms in total. The molecule has 2 aliphatic rings. The van der Waals surface area contributed by atoms with Crippen LogP contribution in [0.1, 0.15) is 50.5 Å². The maximum absolute atomic E-state index is 12.9. The zero-order chi connectivity index (χ0) is 21.0. The second kappa shape index (κ2) is 9.34. The first kappa shape index (κ1) is 21.1. The predicted molar refractivity (Wildman–Crippen MR) is 122 cm³/mol. The highest BCUT2D eigenvalue weighted by atomic mass is 32.1. The molecule has 1 saturated carbocycles. The largest absolute Gasteiger partial charge is 0.359 e. The van der Waals surface area contributed by atoms with Crippen LogP contribution < -0.4 is 5.32 Å². The number of hydrogen-bond donors (Lipinski definition) is 1. The smallest absolute Gasteiger partial charge is 0.226 e. The van der Waals surface area contributed by atoms with Crippen molar-refractivity contribution in [3.05, 3.63) is 47.3 Å². The van der Waals surface area contributed by atoms with Crippen LogP contribution in [-0.4, -0.2) is 36.9 Å². The van der Waals surface area contributed by atoms with Crippen molar-refractivity contribution in [1.29, 1.82) is 0 Å². The standard InChI is InChI=1S/C25H32N2O2S/c1-26-24(29)25(18-20-8-10-21(11-9-20)22-7-4-16-30-22)12-14-27(15-13-25)23(28)17-19-5-2-3-6-19/h4,7-11,16,19H,2-3,5-6,12-15,17-18H2,1H3,(H,26,29). The summed E-state index contributed by atoms with van der Waals surface area (Å²) in [6, 6.07) is 12.8. The first-order valence-corrected chi connectivity index (χ1v) is 12.1. The van der Waals surface area contributed by atoms with Gasteiger partial charge in [0.05, 0.1) is 5.41 Å². The summed E-state index contributed by atoms with van der Waals surface area (Å²) in [4.78, 5) is 28.9. The van der Waals surface area contributed by atoms with E-state index < -0.39 is 5.41 Å². The zero-order valence-corrected chi connectivity index (χ0v) is 18.7. The second-order valence-electron chi connectivity index (χ2n) is 8.95. The number of amides is 2. The van der Waals surface area contributed by atoms with Gasteiger partial charge in [0.25, 0.3) is 0 Å². The van der Waals surface area contributed by atoms with Crippen molar-refractivity contribution in [2.75, 3.05) is 20.1 Å². The number of piperidine rings is 1. The molecule has 0 radical (unpaired) electrons. The van der Waals surface area contributed by atoms with Crippen LogP contribution in [0.5, 0.6) is 0 Å². The fourth-order valence-electron chi connectivity index (χ4n) is 5.14. The minimum absolute atomic E-state index is 0.104. The van der Waals surface area contributed by atoms with E-state index in [0.717, 1.165) is 19.3 Å². The fourth-order valence-corrected chi connectivity index (χ4v) is 5.88. The van der Waals surface area contributed by atoms with Gasteiger partial charge >= 0.3 is 0 Å². The quantitative estimate of drug-likeness (QED) is 0.718. The second-order valence-corrected chi connectivity index (χ2v) is 9.89. The molecule has 2 heterocycles.